The van der Waals surface area contributed by atoms with Gasteiger partial charge in [-0.3, -0.25) is 4.68 Å². The standard InChI is InChI=1S/C30H23F4N3O7S/c1-15-35-26(18-8-10-23-24(13-18)44-30(33,34)43-23)27(42-15)21-12-17(16-5-4-6-19(11-16)45(3,40)41)7-9-20(21)22-14-25(36-37(22)2)29(31,32)28(38)39/h4-14,28,38-39H,1-3H3. The molecular weight excluding hydrogens is 622 g/mol. The summed E-state index contributed by atoms with van der Waals surface area (Å²) in [4.78, 5) is 4.52. The summed E-state index contributed by atoms with van der Waals surface area (Å²) in [5, 5.41) is 22.3. The molecule has 0 atom stereocenters. The van der Waals surface area contributed by atoms with Gasteiger partial charge in [-0.15, -0.1) is 8.78 Å². The lowest BCUT2D eigenvalue weighted by molar-refractivity contribution is -0.286. The number of halogens is 4. The molecule has 3 aromatic carbocycles. The zero-order valence-corrected chi connectivity index (χ0v) is 24.4. The Morgan fingerprint density at radius 1 is 0.911 bits per heavy atom. The fourth-order valence-corrected chi connectivity index (χ4v) is 5.62. The van der Waals surface area contributed by atoms with E-state index in [0.717, 1.165) is 17.0 Å². The van der Waals surface area contributed by atoms with E-state index in [4.69, 9.17) is 4.42 Å². The van der Waals surface area contributed by atoms with E-state index in [9.17, 15) is 36.2 Å². The molecule has 0 amide bonds. The number of sulfone groups is 1. The Morgan fingerprint density at radius 2 is 1.60 bits per heavy atom. The topological polar surface area (TPSA) is 137 Å². The van der Waals surface area contributed by atoms with E-state index in [1.54, 1.807) is 37.3 Å². The summed E-state index contributed by atoms with van der Waals surface area (Å²) in [5.41, 5.74) is 1.33. The number of nitrogens with zero attached hydrogens (tertiary/aromatic N) is 3. The minimum Gasteiger partial charge on any atom is -0.440 e. The number of hydrogen-bond donors (Lipinski definition) is 2. The second-order valence-electron chi connectivity index (χ2n) is 10.3. The number of oxazole rings is 1. The second kappa shape index (κ2) is 10.4. The number of aliphatic hydroxyl groups is 2. The van der Waals surface area contributed by atoms with Gasteiger partial charge in [-0.2, -0.15) is 13.9 Å². The van der Waals surface area contributed by atoms with Crippen molar-refractivity contribution in [1.82, 2.24) is 14.8 Å². The van der Waals surface area contributed by atoms with Crippen molar-refractivity contribution in [2.45, 2.75) is 30.3 Å². The Bertz CT molecular complexity index is 2070. The van der Waals surface area contributed by atoms with Gasteiger partial charge in [-0.1, -0.05) is 24.3 Å². The molecule has 1 aliphatic rings. The first-order valence-corrected chi connectivity index (χ1v) is 15.0. The Hall–Kier alpha value is -4.73. The summed E-state index contributed by atoms with van der Waals surface area (Å²) in [7, 11) is -2.17. The van der Waals surface area contributed by atoms with Crippen molar-refractivity contribution in [2.75, 3.05) is 6.26 Å². The van der Waals surface area contributed by atoms with Gasteiger partial charge in [0, 0.05) is 36.9 Å². The molecule has 0 bridgehead atoms. The van der Waals surface area contributed by atoms with Gasteiger partial charge in [-0.05, 0) is 53.6 Å². The summed E-state index contributed by atoms with van der Waals surface area (Å²) >= 11 is 0. The minimum atomic E-state index is -4.09. The van der Waals surface area contributed by atoms with Crippen LogP contribution < -0.4 is 9.47 Å². The smallest absolute Gasteiger partial charge is 0.440 e. The molecule has 0 spiro atoms. The Morgan fingerprint density at radius 3 is 2.31 bits per heavy atom. The Balaban J connectivity index is 1.57. The van der Waals surface area contributed by atoms with E-state index in [-0.39, 0.29) is 39.4 Å². The predicted molar refractivity (Wildman–Crippen MR) is 151 cm³/mol. The Kier molecular flexibility index (Phi) is 7.02. The zero-order valence-electron chi connectivity index (χ0n) is 23.6. The summed E-state index contributed by atoms with van der Waals surface area (Å²) in [5.74, 6) is -4.22. The lowest BCUT2D eigenvalue weighted by Gasteiger charge is -2.15. The first-order chi connectivity index (χ1) is 21.0. The van der Waals surface area contributed by atoms with Gasteiger partial charge in [0.05, 0.1) is 10.6 Å². The quantitative estimate of drug-likeness (QED) is 0.173. The molecule has 3 heterocycles. The van der Waals surface area contributed by atoms with Crippen LogP contribution in [0.4, 0.5) is 17.6 Å². The maximum Gasteiger partial charge on any atom is 0.586 e. The molecule has 0 saturated heterocycles. The first-order valence-electron chi connectivity index (χ1n) is 13.1. The van der Waals surface area contributed by atoms with Crippen LogP contribution in [0.5, 0.6) is 11.5 Å². The molecule has 0 radical (unpaired) electrons. The summed E-state index contributed by atoms with van der Waals surface area (Å²) in [6, 6.07) is 16.1. The maximum atomic E-state index is 14.6. The number of benzene rings is 3. The lowest BCUT2D eigenvalue weighted by Crippen LogP contribution is -2.31. The molecule has 5 aromatic rings. The van der Waals surface area contributed by atoms with Crippen LogP contribution in [0, 0.1) is 6.92 Å². The van der Waals surface area contributed by atoms with E-state index in [0.29, 0.717) is 27.8 Å². The zero-order chi connectivity index (χ0) is 32.5. The minimum absolute atomic E-state index is 0.0695. The molecule has 10 nitrogen and oxygen atoms in total. The molecule has 0 saturated carbocycles. The van der Waals surface area contributed by atoms with Gasteiger partial charge < -0.3 is 24.1 Å². The van der Waals surface area contributed by atoms with E-state index in [2.05, 4.69) is 19.6 Å². The molecule has 0 unspecified atom stereocenters. The number of aromatic nitrogens is 3. The highest BCUT2D eigenvalue weighted by molar-refractivity contribution is 7.90. The average molecular weight is 646 g/mol. The van der Waals surface area contributed by atoms with Crippen LogP contribution in [0.3, 0.4) is 0 Å². The highest BCUT2D eigenvalue weighted by atomic mass is 32.2. The fourth-order valence-electron chi connectivity index (χ4n) is 4.96. The first kappa shape index (κ1) is 30.3. The molecule has 6 rings (SSSR count). The molecule has 2 N–H and O–H groups in total. The number of alkyl halides is 4. The molecule has 45 heavy (non-hydrogen) atoms. The summed E-state index contributed by atoms with van der Waals surface area (Å²) in [6.07, 6.45) is -5.79. The molecule has 0 aliphatic carbocycles. The number of aliphatic hydroxyl groups excluding tert-OH is 1. The SMILES string of the molecule is Cc1nc(-c2ccc3c(c2)OC(F)(F)O3)c(-c2cc(-c3cccc(S(C)(=O)=O)c3)ccc2-c2cc(C(F)(F)C(O)O)nn2C)o1. The highest BCUT2D eigenvalue weighted by Crippen LogP contribution is 2.46. The summed E-state index contributed by atoms with van der Waals surface area (Å²) in [6.45, 7) is 1.55. The van der Waals surface area contributed by atoms with Crippen LogP contribution >= 0.6 is 0 Å². The fraction of sp³-hybridized carbons (Fsp3) is 0.200. The largest absolute Gasteiger partial charge is 0.586 e. The number of hydrogen-bond acceptors (Lipinski definition) is 9. The van der Waals surface area contributed by atoms with Crippen molar-refractivity contribution in [3.05, 3.63) is 78.3 Å². The van der Waals surface area contributed by atoms with Crippen molar-refractivity contribution < 1.29 is 50.1 Å². The molecular formula is C30H23F4N3O7S. The molecule has 1 aliphatic heterocycles. The monoisotopic (exact) mass is 645 g/mol. The van der Waals surface area contributed by atoms with E-state index in [1.165, 1.54) is 37.4 Å². The van der Waals surface area contributed by atoms with Crippen LogP contribution in [-0.2, 0) is 22.8 Å². The molecule has 15 heteroatoms. The van der Waals surface area contributed by atoms with Crippen LogP contribution in [0.1, 0.15) is 11.6 Å². The van der Waals surface area contributed by atoms with Gasteiger partial charge >= 0.3 is 12.2 Å². The third-order valence-corrected chi connectivity index (χ3v) is 8.20. The van der Waals surface area contributed by atoms with Crippen LogP contribution in [0.25, 0.3) is 45.0 Å². The molecule has 2 aromatic heterocycles. The van der Waals surface area contributed by atoms with E-state index >= 15 is 0 Å². The number of rotatable bonds is 7. The number of fused-ring (bicyclic) bond motifs is 1. The third-order valence-electron chi connectivity index (χ3n) is 7.09. The van der Waals surface area contributed by atoms with Gasteiger partial charge in [-0.25, -0.2) is 13.4 Å². The van der Waals surface area contributed by atoms with E-state index < -0.39 is 34.0 Å². The normalized spacial score (nSPS) is 14.4. The predicted octanol–water partition coefficient (Wildman–Crippen LogP) is 5.51. The van der Waals surface area contributed by atoms with Crippen molar-refractivity contribution in [3.63, 3.8) is 0 Å². The third kappa shape index (κ3) is 5.54. The summed E-state index contributed by atoms with van der Waals surface area (Å²) < 4.78 is 97.3. The van der Waals surface area contributed by atoms with Crippen LogP contribution in [0.15, 0.2) is 76.0 Å². The lowest BCUT2D eigenvalue weighted by atomic mass is 9.94. The Labute approximate surface area is 253 Å². The van der Waals surface area contributed by atoms with E-state index in [1.807, 2.05) is 0 Å². The van der Waals surface area contributed by atoms with Crippen molar-refractivity contribution in [2.24, 2.45) is 7.05 Å². The molecule has 0 fully saturated rings. The van der Waals surface area contributed by atoms with Gasteiger partial charge in [0.2, 0.25) is 6.29 Å². The second-order valence-corrected chi connectivity index (χ2v) is 12.4. The molecule has 234 valence electrons. The van der Waals surface area contributed by atoms with Crippen molar-refractivity contribution in [1.29, 1.82) is 0 Å². The van der Waals surface area contributed by atoms with Crippen molar-refractivity contribution >= 4 is 9.84 Å². The number of aryl methyl sites for hydroxylation is 2. The van der Waals surface area contributed by atoms with Gasteiger partial charge in [0.1, 0.15) is 11.4 Å². The highest BCUT2D eigenvalue weighted by Gasteiger charge is 2.44. The number of ether oxygens (including phenoxy) is 2. The van der Waals surface area contributed by atoms with Crippen LogP contribution in [0.2, 0.25) is 0 Å². The van der Waals surface area contributed by atoms with Crippen molar-refractivity contribution in [3.8, 4) is 56.5 Å². The average Bonchev–Trinajstić information content (AvgIpc) is 3.64. The van der Waals surface area contributed by atoms with Gasteiger partial charge in [0.25, 0.3) is 0 Å². The van der Waals surface area contributed by atoms with Crippen LogP contribution in [-0.4, -0.2) is 52.2 Å². The van der Waals surface area contributed by atoms with Gasteiger partial charge in [0.15, 0.2) is 33.0 Å². The maximum absolute atomic E-state index is 14.6.